The maximum absolute atomic E-state index is 11.9. The number of tetrazole rings is 1. The van der Waals surface area contributed by atoms with Crippen molar-refractivity contribution in [2.24, 2.45) is 0 Å². The smallest absolute Gasteiger partial charge is 0.234 e. The van der Waals surface area contributed by atoms with E-state index >= 15 is 0 Å². The average Bonchev–Trinajstić information content (AvgIpc) is 3.24. The van der Waals surface area contributed by atoms with Crippen molar-refractivity contribution >= 4 is 23.4 Å². The number of thioether (sulfide) groups is 1. The van der Waals surface area contributed by atoms with E-state index in [9.17, 15) is 4.79 Å². The number of hydrogen-bond acceptors (Lipinski definition) is 7. The first kappa shape index (κ1) is 13.8. The second kappa shape index (κ2) is 6.08. The van der Waals surface area contributed by atoms with Gasteiger partial charge in [-0.2, -0.15) is 0 Å². The quantitative estimate of drug-likeness (QED) is 0.800. The largest absolute Gasteiger partial charge is 0.481 e. The molecule has 1 amide bonds. The van der Waals surface area contributed by atoms with E-state index in [0.29, 0.717) is 22.8 Å². The fourth-order valence-electron chi connectivity index (χ4n) is 1.73. The highest BCUT2D eigenvalue weighted by Gasteiger charge is 2.28. The number of nitrogens with zero attached hydrogens (tertiary/aromatic N) is 5. The summed E-state index contributed by atoms with van der Waals surface area (Å²) in [6, 6.07) is 3.83. The number of rotatable bonds is 6. The van der Waals surface area contributed by atoms with Crippen LogP contribution in [-0.2, 0) is 4.79 Å². The second-order valence-corrected chi connectivity index (χ2v) is 5.51. The van der Waals surface area contributed by atoms with Crippen LogP contribution in [0.2, 0.25) is 0 Å². The molecule has 0 unspecified atom stereocenters. The van der Waals surface area contributed by atoms with Crippen LogP contribution in [0.15, 0.2) is 23.5 Å². The Hall–Kier alpha value is -2.16. The fourth-order valence-corrected chi connectivity index (χ4v) is 2.48. The molecule has 1 aliphatic rings. The highest BCUT2D eigenvalue weighted by molar-refractivity contribution is 7.99. The Bertz CT molecular complexity index is 625. The van der Waals surface area contributed by atoms with Gasteiger partial charge in [-0.1, -0.05) is 11.8 Å². The molecular formula is C12H14N6O2S. The van der Waals surface area contributed by atoms with E-state index in [2.05, 4.69) is 25.8 Å². The molecule has 2 aromatic rings. The van der Waals surface area contributed by atoms with E-state index in [1.807, 2.05) is 0 Å². The van der Waals surface area contributed by atoms with Crippen molar-refractivity contribution in [1.82, 2.24) is 25.2 Å². The summed E-state index contributed by atoms with van der Waals surface area (Å²) in [5.41, 5.74) is 0.628. The molecular weight excluding hydrogens is 292 g/mol. The van der Waals surface area contributed by atoms with Crippen molar-refractivity contribution in [1.29, 1.82) is 0 Å². The molecule has 0 atom stereocenters. The van der Waals surface area contributed by atoms with Crippen LogP contribution in [0.25, 0.3) is 0 Å². The van der Waals surface area contributed by atoms with Gasteiger partial charge in [-0.25, -0.2) is 9.67 Å². The van der Waals surface area contributed by atoms with Gasteiger partial charge in [-0.15, -0.1) is 5.10 Å². The molecule has 0 spiro atoms. The van der Waals surface area contributed by atoms with E-state index in [0.717, 1.165) is 12.8 Å². The van der Waals surface area contributed by atoms with Gasteiger partial charge < -0.3 is 10.1 Å². The first-order valence-electron chi connectivity index (χ1n) is 6.47. The molecule has 110 valence electrons. The number of pyridine rings is 1. The minimum absolute atomic E-state index is 0.127. The zero-order valence-electron chi connectivity index (χ0n) is 11.4. The normalized spacial score (nSPS) is 14.0. The van der Waals surface area contributed by atoms with Crippen molar-refractivity contribution < 1.29 is 9.53 Å². The molecule has 2 aromatic heterocycles. The molecule has 3 rings (SSSR count). The molecule has 0 aromatic carbocycles. The van der Waals surface area contributed by atoms with Crippen molar-refractivity contribution in [2.45, 2.75) is 24.0 Å². The van der Waals surface area contributed by atoms with Crippen molar-refractivity contribution in [3.05, 3.63) is 18.3 Å². The van der Waals surface area contributed by atoms with Gasteiger partial charge in [0.2, 0.25) is 16.9 Å². The number of aromatic nitrogens is 5. The van der Waals surface area contributed by atoms with Crippen LogP contribution in [0.5, 0.6) is 5.88 Å². The monoisotopic (exact) mass is 306 g/mol. The number of anilines is 1. The molecule has 0 bridgehead atoms. The lowest BCUT2D eigenvalue weighted by molar-refractivity contribution is -0.113. The molecule has 2 heterocycles. The summed E-state index contributed by atoms with van der Waals surface area (Å²) in [6.45, 7) is 0. The minimum Gasteiger partial charge on any atom is -0.481 e. The summed E-state index contributed by atoms with van der Waals surface area (Å²) in [7, 11) is 1.54. The summed E-state index contributed by atoms with van der Waals surface area (Å²) in [4.78, 5) is 15.9. The van der Waals surface area contributed by atoms with Gasteiger partial charge in [0.1, 0.15) is 0 Å². The number of hydrogen-bond donors (Lipinski definition) is 1. The number of carbonyl (C=O) groups is 1. The van der Waals surface area contributed by atoms with Gasteiger partial charge in [0.25, 0.3) is 0 Å². The summed E-state index contributed by atoms with van der Waals surface area (Å²) < 4.78 is 6.74. The maximum Gasteiger partial charge on any atom is 0.234 e. The van der Waals surface area contributed by atoms with Gasteiger partial charge in [0.15, 0.2) is 0 Å². The number of methoxy groups -OCH3 is 1. The summed E-state index contributed by atoms with van der Waals surface area (Å²) in [6.07, 6.45) is 3.75. The first-order chi connectivity index (χ1) is 10.3. The summed E-state index contributed by atoms with van der Waals surface area (Å²) in [5.74, 6) is 0.627. The van der Waals surface area contributed by atoms with E-state index in [4.69, 9.17) is 4.74 Å². The maximum atomic E-state index is 11.9. The third kappa shape index (κ3) is 3.48. The van der Waals surface area contributed by atoms with Crippen LogP contribution < -0.4 is 10.1 Å². The first-order valence-corrected chi connectivity index (χ1v) is 7.45. The molecule has 0 aliphatic heterocycles. The highest BCUT2D eigenvalue weighted by atomic mass is 32.2. The van der Waals surface area contributed by atoms with E-state index in [1.165, 1.54) is 11.8 Å². The third-order valence-corrected chi connectivity index (χ3v) is 3.85. The van der Waals surface area contributed by atoms with Gasteiger partial charge in [-0.05, 0) is 29.3 Å². The molecule has 21 heavy (non-hydrogen) atoms. The number of ether oxygens (including phenoxy) is 1. The molecule has 1 fully saturated rings. The van der Waals surface area contributed by atoms with Crippen LogP contribution in [0.4, 0.5) is 5.69 Å². The zero-order chi connectivity index (χ0) is 14.7. The Morgan fingerprint density at radius 3 is 3.05 bits per heavy atom. The Labute approximate surface area is 125 Å². The summed E-state index contributed by atoms with van der Waals surface area (Å²) >= 11 is 1.33. The average molecular weight is 306 g/mol. The molecule has 0 radical (unpaired) electrons. The topological polar surface area (TPSA) is 94.8 Å². The SMILES string of the molecule is COc1ccc(NC(=O)CSc2nnnn2C2CC2)cn1. The van der Waals surface area contributed by atoms with Crippen molar-refractivity contribution in [3.8, 4) is 5.88 Å². The molecule has 1 saturated carbocycles. The molecule has 1 N–H and O–H groups in total. The predicted molar refractivity (Wildman–Crippen MR) is 76.2 cm³/mol. The molecule has 9 heteroatoms. The lowest BCUT2D eigenvalue weighted by Crippen LogP contribution is -2.14. The standard InChI is InChI=1S/C12H14N6O2S/c1-20-11-5-2-8(6-13-11)14-10(19)7-21-12-15-16-17-18(12)9-3-4-9/h2,5-6,9H,3-4,7H2,1H3,(H,14,19). The Kier molecular flexibility index (Phi) is 4.00. The van der Waals surface area contributed by atoms with E-state index < -0.39 is 0 Å². The number of carbonyl (C=O) groups excluding carboxylic acids is 1. The molecule has 8 nitrogen and oxygen atoms in total. The Balaban J connectivity index is 1.52. The minimum atomic E-state index is -0.127. The Morgan fingerprint density at radius 1 is 1.52 bits per heavy atom. The van der Waals surface area contributed by atoms with Crippen molar-refractivity contribution in [3.63, 3.8) is 0 Å². The third-order valence-electron chi connectivity index (χ3n) is 2.92. The zero-order valence-corrected chi connectivity index (χ0v) is 12.2. The van der Waals surface area contributed by atoms with Gasteiger partial charge in [-0.3, -0.25) is 4.79 Å². The number of amides is 1. The van der Waals surface area contributed by atoms with Crippen LogP contribution in [0.1, 0.15) is 18.9 Å². The molecule has 0 saturated heterocycles. The van der Waals surface area contributed by atoms with Crippen LogP contribution >= 0.6 is 11.8 Å². The number of nitrogens with one attached hydrogen (secondary N) is 1. The Morgan fingerprint density at radius 2 is 2.38 bits per heavy atom. The van der Waals surface area contributed by atoms with Crippen molar-refractivity contribution in [2.75, 3.05) is 18.2 Å². The van der Waals surface area contributed by atoms with Gasteiger partial charge in [0, 0.05) is 6.07 Å². The van der Waals surface area contributed by atoms with Gasteiger partial charge >= 0.3 is 0 Å². The van der Waals surface area contributed by atoms with Gasteiger partial charge in [0.05, 0.1) is 30.8 Å². The van der Waals surface area contributed by atoms with Crippen LogP contribution in [0.3, 0.4) is 0 Å². The second-order valence-electron chi connectivity index (χ2n) is 4.56. The van der Waals surface area contributed by atoms with E-state index in [1.54, 1.807) is 30.1 Å². The van der Waals surface area contributed by atoms with E-state index in [-0.39, 0.29) is 11.7 Å². The lowest BCUT2D eigenvalue weighted by Gasteiger charge is -2.05. The molecule has 1 aliphatic carbocycles. The lowest BCUT2D eigenvalue weighted by atomic mass is 10.4. The van der Waals surface area contributed by atoms with Crippen LogP contribution in [0, 0.1) is 0 Å². The fraction of sp³-hybridized carbons (Fsp3) is 0.417. The summed E-state index contributed by atoms with van der Waals surface area (Å²) in [5, 5.41) is 15.0. The van der Waals surface area contributed by atoms with Crippen LogP contribution in [-0.4, -0.2) is 44.0 Å². The highest BCUT2D eigenvalue weighted by Crippen LogP contribution is 2.36. The predicted octanol–water partition coefficient (Wildman–Crippen LogP) is 1.14.